The van der Waals surface area contributed by atoms with Crippen LogP contribution in [-0.2, 0) is 10.5 Å². The van der Waals surface area contributed by atoms with Crippen molar-refractivity contribution in [3.8, 4) is 5.88 Å². The second-order valence-electron chi connectivity index (χ2n) is 5.75. The number of carbonyl (C=O) groups excluding carboxylic acids is 1. The zero-order chi connectivity index (χ0) is 16.6. The maximum atomic E-state index is 12.4. The summed E-state index contributed by atoms with van der Waals surface area (Å²) in [5.41, 5.74) is 1.25. The molecule has 1 aromatic carbocycles. The molecule has 0 aliphatic carbocycles. The van der Waals surface area contributed by atoms with Crippen LogP contribution in [-0.4, -0.2) is 45.7 Å². The first-order chi connectivity index (χ1) is 11.8. The van der Waals surface area contributed by atoms with Crippen LogP contribution in [0.2, 0.25) is 0 Å². The number of hydrogen-bond donors (Lipinski definition) is 0. The van der Waals surface area contributed by atoms with Gasteiger partial charge in [-0.05, 0) is 18.4 Å². The number of benzene rings is 1. The van der Waals surface area contributed by atoms with Gasteiger partial charge in [-0.3, -0.25) is 4.79 Å². The van der Waals surface area contributed by atoms with Crippen LogP contribution in [0, 0.1) is 0 Å². The number of hydrogen-bond acceptors (Lipinski definition) is 5. The summed E-state index contributed by atoms with van der Waals surface area (Å²) >= 11 is 1.66. The smallest absolute Gasteiger partial charge is 0.232 e. The zero-order valence-corrected chi connectivity index (χ0v) is 14.3. The Morgan fingerprint density at radius 2 is 2.17 bits per heavy atom. The molecule has 0 N–H and O–H groups in total. The maximum Gasteiger partial charge on any atom is 0.232 e. The van der Waals surface area contributed by atoms with E-state index < -0.39 is 0 Å². The Morgan fingerprint density at radius 3 is 2.96 bits per heavy atom. The standard InChI is InChI=1S/C18H21N3O2S/c22-18(13-24-12-15-5-2-1-3-6-15)21-10-4-7-16(11-21)23-17-8-9-19-14-20-17/h1-3,5-6,8-9,14,16H,4,7,10-13H2. The molecule has 3 rings (SSSR count). The largest absolute Gasteiger partial charge is 0.472 e. The first-order valence-electron chi connectivity index (χ1n) is 8.13. The Morgan fingerprint density at radius 1 is 1.29 bits per heavy atom. The van der Waals surface area contributed by atoms with E-state index in [-0.39, 0.29) is 12.0 Å². The van der Waals surface area contributed by atoms with Gasteiger partial charge in [-0.1, -0.05) is 30.3 Å². The minimum Gasteiger partial charge on any atom is -0.472 e. The van der Waals surface area contributed by atoms with Gasteiger partial charge in [0, 0.05) is 24.6 Å². The molecule has 24 heavy (non-hydrogen) atoms. The lowest BCUT2D eigenvalue weighted by atomic mass is 10.1. The third-order valence-electron chi connectivity index (χ3n) is 3.91. The van der Waals surface area contributed by atoms with Crippen molar-refractivity contribution in [2.24, 2.45) is 0 Å². The van der Waals surface area contributed by atoms with Gasteiger partial charge in [0.1, 0.15) is 12.4 Å². The van der Waals surface area contributed by atoms with Crippen molar-refractivity contribution in [3.63, 3.8) is 0 Å². The quantitative estimate of drug-likeness (QED) is 0.807. The molecular formula is C18H21N3O2S. The lowest BCUT2D eigenvalue weighted by Gasteiger charge is -2.32. The van der Waals surface area contributed by atoms with Crippen LogP contribution in [0.4, 0.5) is 0 Å². The van der Waals surface area contributed by atoms with Crippen LogP contribution >= 0.6 is 11.8 Å². The number of nitrogens with zero attached hydrogens (tertiary/aromatic N) is 3. The Balaban J connectivity index is 1.44. The van der Waals surface area contributed by atoms with Crippen molar-refractivity contribution in [1.29, 1.82) is 0 Å². The molecule has 0 radical (unpaired) electrons. The molecule has 1 saturated heterocycles. The molecule has 126 valence electrons. The number of piperidine rings is 1. The molecule has 5 nitrogen and oxygen atoms in total. The predicted octanol–water partition coefficient (Wildman–Crippen LogP) is 2.78. The highest BCUT2D eigenvalue weighted by atomic mass is 32.2. The minimum absolute atomic E-state index is 0.0109. The number of aromatic nitrogens is 2. The molecule has 1 aromatic heterocycles. The third kappa shape index (κ3) is 4.96. The van der Waals surface area contributed by atoms with Gasteiger partial charge in [0.25, 0.3) is 0 Å². The average Bonchev–Trinajstić information content (AvgIpc) is 2.64. The van der Waals surface area contributed by atoms with Crippen molar-refractivity contribution in [1.82, 2.24) is 14.9 Å². The van der Waals surface area contributed by atoms with Crippen molar-refractivity contribution in [3.05, 3.63) is 54.5 Å². The van der Waals surface area contributed by atoms with Crippen molar-refractivity contribution < 1.29 is 9.53 Å². The number of carbonyl (C=O) groups is 1. The lowest BCUT2D eigenvalue weighted by molar-refractivity contribution is -0.130. The monoisotopic (exact) mass is 343 g/mol. The van der Waals surface area contributed by atoms with E-state index in [1.54, 1.807) is 24.0 Å². The number of likely N-dealkylation sites (tertiary alicyclic amines) is 1. The van der Waals surface area contributed by atoms with Gasteiger partial charge in [0.2, 0.25) is 11.8 Å². The van der Waals surface area contributed by atoms with E-state index in [4.69, 9.17) is 4.74 Å². The molecule has 1 unspecified atom stereocenters. The highest BCUT2D eigenvalue weighted by Gasteiger charge is 2.24. The van der Waals surface area contributed by atoms with Crippen molar-refractivity contribution in [2.45, 2.75) is 24.7 Å². The topological polar surface area (TPSA) is 55.3 Å². The van der Waals surface area contributed by atoms with Gasteiger partial charge in [-0.2, -0.15) is 0 Å². The van der Waals surface area contributed by atoms with Gasteiger partial charge in [-0.15, -0.1) is 11.8 Å². The number of rotatable bonds is 6. The molecule has 2 aromatic rings. The Kier molecular flexibility index (Phi) is 6.07. The van der Waals surface area contributed by atoms with E-state index in [0.29, 0.717) is 18.2 Å². The number of ether oxygens (including phenoxy) is 1. The fourth-order valence-corrected chi connectivity index (χ4v) is 3.59. The van der Waals surface area contributed by atoms with Crippen molar-refractivity contribution in [2.75, 3.05) is 18.8 Å². The normalized spacial score (nSPS) is 17.5. The van der Waals surface area contributed by atoms with Gasteiger partial charge in [-0.25, -0.2) is 9.97 Å². The second-order valence-corrected chi connectivity index (χ2v) is 6.73. The average molecular weight is 343 g/mol. The van der Waals surface area contributed by atoms with Crippen LogP contribution in [0.25, 0.3) is 0 Å². The molecule has 1 aliphatic heterocycles. The summed E-state index contributed by atoms with van der Waals surface area (Å²) in [6.07, 6.45) is 5.06. The van der Waals surface area contributed by atoms with E-state index in [2.05, 4.69) is 22.1 Å². The van der Waals surface area contributed by atoms with E-state index in [0.717, 1.165) is 25.1 Å². The molecule has 2 heterocycles. The molecule has 1 atom stereocenters. The lowest BCUT2D eigenvalue weighted by Crippen LogP contribution is -2.45. The molecule has 1 fully saturated rings. The van der Waals surface area contributed by atoms with Crippen LogP contribution in [0.15, 0.2) is 48.9 Å². The molecule has 6 heteroatoms. The highest BCUT2D eigenvalue weighted by Crippen LogP contribution is 2.18. The summed E-state index contributed by atoms with van der Waals surface area (Å²) in [6.45, 7) is 1.45. The maximum absolute atomic E-state index is 12.4. The van der Waals surface area contributed by atoms with E-state index in [1.165, 1.54) is 11.9 Å². The summed E-state index contributed by atoms with van der Waals surface area (Å²) in [6, 6.07) is 12.0. The molecule has 0 spiro atoms. The molecule has 0 saturated carbocycles. The van der Waals surface area contributed by atoms with Gasteiger partial charge < -0.3 is 9.64 Å². The number of thioether (sulfide) groups is 1. The van der Waals surface area contributed by atoms with Crippen LogP contribution in [0.3, 0.4) is 0 Å². The first kappa shape index (κ1) is 16.8. The SMILES string of the molecule is O=C(CSCc1ccccc1)N1CCCC(Oc2ccncn2)C1. The zero-order valence-electron chi connectivity index (χ0n) is 13.5. The second kappa shape index (κ2) is 8.68. The highest BCUT2D eigenvalue weighted by molar-refractivity contribution is 7.99. The van der Waals surface area contributed by atoms with Crippen molar-refractivity contribution >= 4 is 17.7 Å². The Labute approximate surface area is 146 Å². The number of amides is 1. The Bertz CT molecular complexity index is 639. The van der Waals surface area contributed by atoms with Gasteiger partial charge >= 0.3 is 0 Å². The summed E-state index contributed by atoms with van der Waals surface area (Å²) in [7, 11) is 0. The van der Waals surface area contributed by atoms with Crippen LogP contribution < -0.4 is 4.74 Å². The summed E-state index contributed by atoms with van der Waals surface area (Å²) in [5.74, 6) is 2.13. The van der Waals surface area contributed by atoms with E-state index >= 15 is 0 Å². The fourth-order valence-electron chi connectivity index (χ4n) is 2.70. The van der Waals surface area contributed by atoms with Gasteiger partial charge in [0.15, 0.2) is 0 Å². The molecule has 0 bridgehead atoms. The van der Waals surface area contributed by atoms with E-state index in [9.17, 15) is 4.79 Å². The van der Waals surface area contributed by atoms with Gasteiger partial charge in [0.05, 0.1) is 12.3 Å². The third-order valence-corrected chi connectivity index (χ3v) is 4.90. The summed E-state index contributed by atoms with van der Waals surface area (Å²) in [5, 5.41) is 0. The molecule has 1 amide bonds. The minimum atomic E-state index is 0.0109. The van der Waals surface area contributed by atoms with E-state index in [1.807, 2.05) is 23.1 Å². The molecular weight excluding hydrogens is 322 g/mol. The summed E-state index contributed by atoms with van der Waals surface area (Å²) in [4.78, 5) is 22.3. The fraction of sp³-hybridized carbons (Fsp3) is 0.389. The predicted molar refractivity (Wildman–Crippen MR) is 94.9 cm³/mol. The first-order valence-corrected chi connectivity index (χ1v) is 9.29. The Hall–Kier alpha value is -2.08. The summed E-state index contributed by atoms with van der Waals surface area (Å²) < 4.78 is 5.86. The van der Waals surface area contributed by atoms with Crippen LogP contribution in [0.1, 0.15) is 18.4 Å². The molecule has 1 aliphatic rings. The van der Waals surface area contributed by atoms with Crippen LogP contribution in [0.5, 0.6) is 5.88 Å².